The molecule has 1 aliphatic carbocycles. The maximum absolute atomic E-state index is 12.0. The Labute approximate surface area is 125 Å². The van der Waals surface area contributed by atoms with E-state index in [1.165, 1.54) is 12.1 Å². The molecule has 0 unspecified atom stereocenters. The number of carbonyl (C=O) groups excluding carboxylic acids is 1. The highest BCUT2D eigenvalue weighted by Crippen LogP contribution is 2.23. The van der Waals surface area contributed by atoms with Crippen LogP contribution in [0.1, 0.15) is 23.7 Å². The zero-order chi connectivity index (χ0) is 16.2. The molecule has 6 heteroatoms. The lowest BCUT2D eigenvalue weighted by Crippen LogP contribution is -2.17. The van der Waals surface area contributed by atoms with Crippen molar-refractivity contribution < 1.29 is 27.4 Å². The quantitative estimate of drug-likeness (QED) is 0.769. The molecule has 1 aliphatic rings. The summed E-state index contributed by atoms with van der Waals surface area (Å²) in [5, 5.41) is 0. The molecule has 0 atom stereocenters. The van der Waals surface area contributed by atoms with Crippen LogP contribution in [-0.4, -0.2) is 12.3 Å². The normalized spacial score (nSPS) is 14.7. The van der Waals surface area contributed by atoms with Gasteiger partial charge < -0.3 is 9.47 Å². The molecule has 0 radical (unpaired) electrons. The molecule has 0 fully saturated rings. The number of carbonyl (C=O) groups is 1. The van der Waals surface area contributed by atoms with E-state index in [0.29, 0.717) is 5.76 Å². The Hall–Kier alpha value is -2.50. The van der Waals surface area contributed by atoms with Gasteiger partial charge in [0.15, 0.2) is 0 Å². The van der Waals surface area contributed by atoms with Gasteiger partial charge in [0.25, 0.3) is 0 Å². The molecule has 0 bridgehead atoms. The van der Waals surface area contributed by atoms with E-state index >= 15 is 0 Å². The predicted octanol–water partition coefficient (Wildman–Crippen LogP) is 4.53. The van der Waals surface area contributed by atoms with Crippen LogP contribution < -0.4 is 4.74 Å². The number of esters is 1. The number of allylic oxidation sites excluding steroid dienone is 5. The van der Waals surface area contributed by atoms with Crippen LogP contribution in [0.5, 0.6) is 5.75 Å². The molecular formula is C16H13F3O3. The number of rotatable bonds is 3. The highest BCUT2D eigenvalue weighted by atomic mass is 19.4. The van der Waals surface area contributed by atoms with Gasteiger partial charge in [0.05, 0.1) is 5.56 Å². The SMILES string of the molecule is CC1=CC=C(OC(=O)c2ccc(OC(F)(F)F)cc2)C=CC1. The van der Waals surface area contributed by atoms with Crippen LogP contribution in [0, 0.1) is 0 Å². The number of alkyl halides is 3. The number of hydrogen-bond donors (Lipinski definition) is 0. The summed E-state index contributed by atoms with van der Waals surface area (Å²) in [5.41, 5.74) is 1.25. The summed E-state index contributed by atoms with van der Waals surface area (Å²) in [6, 6.07) is 4.55. The van der Waals surface area contributed by atoms with Gasteiger partial charge in [-0.15, -0.1) is 13.2 Å². The number of ether oxygens (including phenoxy) is 2. The molecule has 3 nitrogen and oxygen atoms in total. The van der Waals surface area contributed by atoms with Crippen molar-refractivity contribution in [3.63, 3.8) is 0 Å². The Bertz CT molecular complexity index is 638. The van der Waals surface area contributed by atoms with Crippen LogP contribution in [-0.2, 0) is 4.74 Å². The van der Waals surface area contributed by atoms with Gasteiger partial charge in [-0.2, -0.15) is 0 Å². The molecular weight excluding hydrogens is 297 g/mol. The molecule has 0 heterocycles. The van der Waals surface area contributed by atoms with Crippen LogP contribution in [0.4, 0.5) is 13.2 Å². The zero-order valence-corrected chi connectivity index (χ0v) is 11.7. The van der Waals surface area contributed by atoms with E-state index in [4.69, 9.17) is 4.74 Å². The summed E-state index contributed by atoms with van der Waals surface area (Å²) in [4.78, 5) is 11.9. The number of hydrogen-bond acceptors (Lipinski definition) is 3. The third-order valence-electron chi connectivity index (χ3n) is 2.79. The molecule has 0 spiro atoms. The van der Waals surface area contributed by atoms with Crippen LogP contribution in [0.3, 0.4) is 0 Å². The van der Waals surface area contributed by atoms with Crippen LogP contribution in [0.2, 0.25) is 0 Å². The largest absolute Gasteiger partial charge is 0.573 e. The summed E-state index contributed by atoms with van der Waals surface area (Å²) in [5.74, 6) is -0.670. The molecule has 0 saturated heterocycles. The second-order valence-electron chi connectivity index (χ2n) is 4.65. The minimum atomic E-state index is -4.76. The molecule has 0 saturated carbocycles. The van der Waals surface area contributed by atoms with E-state index in [-0.39, 0.29) is 5.56 Å². The van der Waals surface area contributed by atoms with Crippen LogP contribution >= 0.6 is 0 Å². The lowest BCUT2D eigenvalue weighted by Gasteiger charge is -2.09. The van der Waals surface area contributed by atoms with Crippen molar-refractivity contribution in [2.24, 2.45) is 0 Å². The van der Waals surface area contributed by atoms with Crippen molar-refractivity contribution in [3.8, 4) is 5.75 Å². The lowest BCUT2D eigenvalue weighted by molar-refractivity contribution is -0.274. The van der Waals surface area contributed by atoms with E-state index in [2.05, 4.69) is 4.74 Å². The van der Waals surface area contributed by atoms with Gasteiger partial charge in [0.1, 0.15) is 11.5 Å². The van der Waals surface area contributed by atoms with E-state index in [1.807, 2.05) is 19.1 Å². The Morgan fingerprint density at radius 1 is 1.14 bits per heavy atom. The van der Waals surface area contributed by atoms with Crippen molar-refractivity contribution >= 4 is 5.97 Å². The minimum absolute atomic E-state index is 0.133. The first kappa shape index (κ1) is 15.9. The average Bonchev–Trinajstić information content (AvgIpc) is 2.63. The van der Waals surface area contributed by atoms with Crippen molar-refractivity contribution in [1.82, 2.24) is 0 Å². The molecule has 0 amide bonds. The molecule has 0 aliphatic heterocycles. The lowest BCUT2D eigenvalue weighted by atomic mass is 10.2. The van der Waals surface area contributed by atoms with E-state index in [9.17, 15) is 18.0 Å². The van der Waals surface area contributed by atoms with E-state index < -0.39 is 18.1 Å². The first-order valence-corrected chi connectivity index (χ1v) is 6.45. The molecule has 116 valence electrons. The van der Waals surface area contributed by atoms with Crippen molar-refractivity contribution in [2.45, 2.75) is 19.7 Å². The van der Waals surface area contributed by atoms with Crippen molar-refractivity contribution in [2.75, 3.05) is 0 Å². The summed E-state index contributed by atoms with van der Waals surface area (Å²) in [6.45, 7) is 1.95. The number of benzene rings is 1. The fraction of sp³-hybridized carbons (Fsp3) is 0.188. The topological polar surface area (TPSA) is 35.5 Å². The summed E-state index contributed by atoms with van der Waals surface area (Å²) in [7, 11) is 0. The highest BCUT2D eigenvalue weighted by molar-refractivity contribution is 5.90. The predicted molar refractivity (Wildman–Crippen MR) is 74.1 cm³/mol. The highest BCUT2D eigenvalue weighted by Gasteiger charge is 2.31. The molecule has 0 aromatic heterocycles. The van der Waals surface area contributed by atoms with Crippen molar-refractivity contribution in [3.05, 3.63) is 65.5 Å². The summed E-state index contributed by atoms with van der Waals surface area (Å²) >= 11 is 0. The third kappa shape index (κ3) is 4.80. The number of halogens is 3. The second kappa shape index (κ2) is 6.51. The Morgan fingerprint density at radius 2 is 1.82 bits per heavy atom. The van der Waals surface area contributed by atoms with Crippen LogP contribution in [0.15, 0.2) is 59.9 Å². The second-order valence-corrected chi connectivity index (χ2v) is 4.65. The fourth-order valence-electron chi connectivity index (χ4n) is 1.74. The minimum Gasteiger partial charge on any atom is -0.423 e. The smallest absolute Gasteiger partial charge is 0.423 e. The molecule has 2 rings (SSSR count). The first-order valence-electron chi connectivity index (χ1n) is 6.45. The summed E-state index contributed by atoms with van der Waals surface area (Å²) < 4.78 is 45.0. The van der Waals surface area contributed by atoms with Gasteiger partial charge in [-0.25, -0.2) is 4.79 Å². The van der Waals surface area contributed by atoms with Crippen molar-refractivity contribution in [1.29, 1.82) is 0 Å². The average molecular weight is 310 g/mol. The standard InChI is InChI=1S/C16H13F3O3/c1-11-3-2-4-13(8-5-11)21-15(20)12-6-9-14(10-7-12)22-16(17,18)19/h2,4-10H,3H2,1H3. The van der Waals surface area contributed by atoms with Gasteiger partial charge in [-0.05, 0) is 49.8 Å². The Morgan fingerprint density at radius 3 is 2.45 bits per heavy atom. The van der Waals surface area contributed by atoms with Gasteiger partial charge in [-0.1, -0.05) is 17.7 Å². The van der Waals surface area contributed by atoms with E-state index in [0.717, 1.165) is 24.1 Å². The van der Waals surface area contributed by atoms with Gasteiger partial charge in [0.2, 0.25) is 0 Å². The molecule has 1 aromatic rings. The first-order chi connectivity index (χ1) is 10.3. The van der Waals surface area contributed by atoms with E-state index in [1.54, 1.807) is 12.2 Å². The fourth-order valence-corrected chi connectivity index (χ4v) is 1.74. The van der Waals surface area contributed by atoms with Crippen LogP contribution in [0.25, 0.3) is 0 Å². The van der Waals surface area contributed by atoms with Gasteiger partial charge in [-0.3, -0.25) is 0 Å². The molecule has 0 N–H and O–H groups in total. The summed E-state index contributed by atoms with van der Waals surface area (Å²) in [6.07, 6.45) is 3.04. The maximum atomic E-state index is 12.0. The Kier molecular flexibility index (Phi) is 4.70. The molecule has 22 heavy (non-hydrogen) atoms. The van der Waals surface area contributed by atoms with Gasteiger partial charge in [0, 0.05) is 0 Å². The van der Waals surface area contributed by atoms with Gasteiger partial charge >= 0.3 is 12.3 Å². The Balaban J connectivity index is 2.04. The maximum Gasteiger partial charge on any atom is 0.573 e. The third-order valence-corrected chi connectivity index (χ3v) is 2.79. The monoisotopic (exact) mass is 310 g/mol. The zero-order valence-electron chi connectivity index (χ0n) is 11.7. The molecule has 1 aromatic carbocycles.